The van der Waals surface area contributed by atoms with Crippen molar-refractivity contribution in [1.29, 1.82) is 0 Å². The average Bonchev–Trinajstić information content (AvgIpc) is 2.36. The normalized spacial score (nSPS) is 10.5. The van der Waals surface area contributed by atoms with Gasteiger partial charge in [-0.15, -0.1) is 0 Å². The van der Waals surface area contributed by atoms with Gasteiger partial charge in [-0.2, -0.15) is 5.10 Å². The summed E-state index contributed by atoms with van der Waals surface area (Å²) in [7, 11) is 0. The Bertz CT molecular complexity index is 307. The molecule has 0 fully saturated rings. The molecule has 0 saturated carbocycles. The summed E-state index contributed by atoms with van der Waals surface area (Å²) in [5, 5.41) is 9.76. The number of nitrogens with one attached hydrogen (secondary N) is 1. The van der Waals surface area contributed by atoms with E-state index in [1.54, 1.807) is 6.20 Å². The number of nitrogens with zero attached hydrogens (tertiary/aromatic N) is 2. The van der Waals surface area contributed by atoms with Gasteiger partial charge in [0.25, 0.3) is 0 Å². The maximum absolute atomic E-state index is 10.3. The molecule has 0 spiro atoms. The maximum atomic E-state index is 10.3. The summed E-state index contributed by atoms with van der Waals surface area (Å²) in [6, 6.07) is 0. The van der Waals surface area contributed by atoms with Crippen LogP contribution in [0.3, 0.4) is 0 Å². The molecule has 0 unspecified atom stereocenters. The van der Waals surface area contributed by atoms with Gasteiger partial charge in [0.15, 0.2) is 0 Å². The van der Waals surface area contributed by atoms with E-state index in [0.717, 1.165) is 4.47 Å². The lowest BCUT2D eigenvalue weighted by atomic mass is 10.5. The molecule has 0 atom stereocenters. The van der Waals surface area contributed by atoms with Crippen LogP contribution in [0.15, 0.2) is 15.8 Å². The van der Waals surface area contributed by atoms with Crippen LogP contribution in [0, 0.1) is 0 Å². The number of aromatic nitrogens is 2. The van der Waals surface area contributed by atoms with Crippen molar-refractivity contribution < 1.29 is 9.63 Å². The monoisotopic (exact) mass is 231 g/mol. The van der Waals surface area contributed by atoms with E-state index in [9.17, 15) is 4.79 Å². The second-order valence-electron chi connectivity index (χ2n) is 1.95. The van der Waals surface area contributed by atoms with Gasteiger partial charge < -0.3 is 4.84 Å². The van der Waals surface area contributed by atoms with Gasteiger partial charge in [0, 0.05) is 6.92 Å². The number of rotatable bonds is 2. The van der Waals surface area contributed by atoms with Crippen molar-refractivity contribution in [1.82, 2.24) is 10.2 Å². The van der Waals surface area contributed by atoms with E-state index >= 15 is 0 Å². The quantitative estimate of drug-likeness (QED) is 0.471. The molecule has 0 radical (unpaired) electrons. The first kappa shape index (κ1) is 8.92. The Morgan fingerprint density at radius 3 is 3.17 bits per heavy atom. The third-order valence-corrected chi connectivity index (χ3v) is 1.62. The third kappa shape index (κ3) is 2.46. The molecule has 1 heterocycles. The molecule has 6 heteroatoms. The lowest BCUT2D eigenvalue weighted by Crippen LogP contribution is -1.92. The minimum Gasteiger partial charge on any atom is -0.319 e. The zero-order valence-corrected chi connectivity index (χ0v) is 7.83. The number of carbonyl (C=O) groups excluding carboxylic acids is 1. The number of hydrogen-bond donors (Lipinski definition) is 1. The van der Waals surface area contributed by atoms with Crippen LogP contribution in [0.1, 0.15) is 12.6 Å². The van der Waals surface area contributed by atoms with Crippen molar-refractivity contribution in [2.24, 2.45) is 5.16 Å². The minimum atomic E-state index is -0.457. The Kier molecular flexibility index (Phi) is 2.98. The van der Waals surface area contributed by atoms with E-state index in [1.165, 1.54) is 13.1 Å². The molecule has 12 heavy (non-hydrogen) atoms. The van der Waals surface area contributed by atoms with Crippen LogP contribution in [-0.4, -0.2) is 22.4 Å². The van der Waals surface area contributed by atoms with E-state index in [-0.39, 0.29) is 0 Å². The zero-order chi connectivity index (χ0) is 8.97. The second kappa shape index (κ2) is 4.01. The van der Waals surface area contributed by atoms with Crippen LogP contribution in [-0.2, 0) is 9.63 Å². The summed E-state index contributed by atoms with van der Waals surface area (Å²) < 4.78 is 0.762. The molecule has 0 aliphatic heterocycles. The highest BCUT2D eigenvalue weighted by molar-refractivity contribution is 9.10. The lowest BCUT2D eigenvalue weighted by molar-refractivity contribution is -0.140. The van der Waals surface area contributed by atoms with Gasteiger partial charge in [-0.3, -0.25) is 5.10 Å². The fourth-order valence-electron chi connectivity index (χ4n) is 0.525. The van der Waals surface area contributed by atoms with Crippen molar-refractivity contribution in [3.05, 3.63) is 16.4 Å². The number of oxime groups is 1. The predicted octanol–water partition coefficient (Wildman–Crippen LogP) is 1.07. The summed E-state index contributed by atoms with van der Waals surface area (Å²) in [4.78, 5) is 14.6. The molecule has 0 saturated heterocycles. The van der Waals surface area contributed by atoms with Gasteiger partial charge >= 0.3 is 5.97 Å². The van der Waals surface area contributed by atoms with Crippen molar-refractivity contribution in [2.45, 2.75) is 6.92 Å². The Labute approximate surface area is 76.9 Å². The molecule has 1 N–H and O–H groups in total. The Morgan fingerprint density at radius 1 is 1.92 bits per heavy atom. The number of hydrogen-bond acceptors (Lipinski definition) is 4. The van der Waals surface area contributed by atoms with Gasteiger partial charge in [0.1, 0.15) is 0 Å². The molecule has 0 aliphatic carbocycles. The molecule has 1 aromatic rings. The molecule has 0 bridgehead atoms. The zero-order valence-electron chi connectivity index (χ0n) is 6.24. The molecule has 0 aromatic carbocycles. The highest BCUT2D eigenvalue weighted by Crippen LogP contribution is 2.09. The third-order valence-electron chi connectivity index (χ3n) is 0.983. The molecule has 5 nitrogen and oxygen atoms in total. The second-order valence-corrected chi connectivity index (χ2v) is 2.80. The van der Waals surface area contributed by atoms with Gasteiger partial charge in [-0.1, -0.05) is 5.16 Å². The summed E-state index contributed by atoms with van der Waals surface area (Å²) in [5.74, 6) is -0.457. The van der Waals surface area contributed by atoms with Crippen molar-refractivity contribution >= 4 is 28.1 Å². The lowest BCUT2D eigenvalue weighted by Gasteiger charge is -1.87. The molecule has 1 aromatic heterocycles. The van der Waals surface area contributed by atoms with E-state index in [4.69, 9.17) is 0 Å². The maximum Gasteiger partial charge on any atom is 0.331 e. The Morgan fingerprint density at radius 2 is 2.67 bits per heavy atom. The standard InChI is InChI=1S/C6H6BrN3O2/c1-4(11)12-9-3-6-5(7)2-8-10-6/h2-3H,1H3,(H,8,10). The average molecular weight is 232 g/mol. The minimum absolute atomic E-state index is 0.457. The smallest absolute Gasteiger partial charge is 0.319 e. The van der Waals surface area contributed by atoms with Crippen molar-refractivity contribution in [3.8, 4) is 0 Å². The van der Waals surface area contributed by atoms with Crippen molar-refractivity contribution in [2.75, 3.05) is 0 Å². The molecule has 0 aliphatic rings. The van der Waals surface area contributed by atoms with Gasteiger partial charge in [0.2, 0.25) is 0 Å². The molecular weight excluding hydrogens is 226 g/mol. The van der Waals surface area contributed by atoms with E-state index in [2.05, 4.69) is 36.1 Å². The van der Waals surface area contributed by atoms with Crippen LogP contribution >= 0.6 is 15.9 Å². The van der Waals surface area contributed by atoms with Crippen molar-refractivity contribution in [3.63, 3.8) is 0 Å². The Balaban J connectivity index is 2.57. The predicted molar refractivity (Wildman–Crippen MR) is 45.6 cm³/mol. The molecule has 64 valence electrons. The van der Waals surface area contributed by atoms with Gasteiger partial charge in [-0.25, -0.2) is 4.79 Å². The van der Waals surface area contributed by atoms with E-state index < -0.39 is 5.97 Å². The largest absolute Gasteiger partial charge is 0.331 e. The van der Waals surface area contributed by atoms with Crippen LogP contribution in [0.4, 0.5) is 0 Å². The SMILES string of the molecule is CC(=O)ON=Cc1[nH]ncc1Br. The van der Waals surface area contributed by atoms with Crippen LogP contribution < -0.4 is 0 Å². The summed E-state index contributed by atoms with van der Waals surface area (Å²) >= 11 is 3.21. The topological polar surface area (TPSA) is 67.3 Å². The fraction of sp³-hybridized carbons (Fsp3) is 0.167. The highest BCUT2D eigenvalue weighted by Gasteiger charge is 1.97. The number of carbonyl (C=O) groups is 1. The number of aromatic amines is 1. The van der Waals surface area contributed by atoms with Gasteiger partial charge in [-0.05, 0) is 15.9 Å². The van der Waals surface area contributed by atoms with E-state index in [1.807, 2.05) is 0 Å². The first-order valence-corrected chi connectivity index (χ1v) is 3.89. The first-order valence-electron chi connectivity index (χ1n) is 3.10. The summed E-state index contributed by atoms with van der Waals surface area (Å²) in [6.45, 7) is 1.28. The molecule has 1 rings (SSSR count). The number of H-pyrrole nitrogens is 1. The fourth-order valence-corrected chi connectivity index (χ4v) is 0.819. The van der Waals surface area contributed by atoms with Crippen LogP contribution in [0.2, 0.25) is 0 Å². The first-order chi connectivity index (χ1) is 5.70. The number of halogens is 1. The highest BCUT2D eigenvalue weighted by atomic mass is 79.9. The Hall–Kier alpha value is -1.17. The molecular formula is C6H6BrN3O2. The summed E-state index contributed by atoms with van der Waals surface area (Å²) in [5.41, 5.74) is 0.649. The van der Waals surface area contributed by atoms with E-state index in [0.29, 0.717) is 5.69 Å². The van der Waals surface area contributed by atoms with Crippen LogP contribution in [0.5, 0.6) is 0 Å². The van der Waals surface area contributed by atoms with Crippen LogP contribution in [0.25, 0.3) is 0 Å². The summed E-state index contributed by atoms with van der Waals surface area (Å²) in [6.07, 6.45) is 2.94. The van der Waals surface area contributed by atoms with Gasteiger partial charge in [0.05, 0.1) is 22.6 Å². The molecule has 0 amide bonds.